The van der Waals surface area contributed by atoms with Crippen molar-refractivity contribution in [1.29, 1.82) is 0 Å². The summed E-state index contributed by atoms with van der Waals surface area (Å²) in [5, 5.41) is 15.1. The Morgan fingerprint density at radius 2 is 2.00 bits per heavy atom. The average Bonchev–Trinajstić information content (AvgIpc) is 2.90. The predicted octanol–water partition coefficient (Wildman–Crippen LogP) is 2.08. The molecule has 0 radical (unpaired) electrons. The molecule has 0 spiro atoms. The molecule has 0 atom stereocenters. The summed E-state index contributed by atoms with van der Waals surface area (Å²) >= 11 is 6.11. The summed E-state index contributed by atoms with van der Waals surface area (Å²) in [5.41, 5.74) is 1.60. The van der Waals surface area contributed by atoms with E-state index in [9.17, 15) is 0 Å². The van der Waals surface area contributed by atoms with E-state index in [1.807, 2.05) is 18.2 Å². The fourth-order valence-corrected chi connectivity index (χ4v) is 2.02. The molecule has 0 amide bonds. The lowest BCUT2D eigenvalue weighted by atomic mass is 10.2. The van der Waals surface area contributed by atoms with Crippen molar-refractivity contribution in [1.82, 2.24) is 10.6 Å². The standard InChI is InChI=1S/C10H10ClN5.ClH/c11-6-2-1-3-7-8(6)9(16-15-7)14-10-12-4-5-13-10;/h1-3,10,12-13H,4-5H2;1H. The van der Waals surface area contributed by atoms with Crippen molar-refractivity contribution < 1.29 is 0 Å². The minimum Gasteiger partial charge on any atom is -0.282 e. The molecule has 2 N–H and O–H groups in total. The highest BCUT2D eigenvalue weighted by Gasteiger charge is 2.21. The van der Waals surface area contributed by atoms with Crippen LogP contribution in [0.5, 0.6) is 0 Å². The second-order valence-electron chi connectivity index (χ2n) is 3.60. The third kappa shape index (κ3) is 2.32. The van der Waals surface area contributed by atoms with E-state index in [0.717, 1.165) is 24.3 Å². The molecule has 17 heavy (non-hydrogen) atoms. The lowest BCUT2D eigenvalue weighted by Gasteiger charge is -2.05. The number of amidine groups is 1. The van der Waals surface area contributed by atoms with E-state index in [-0.39, 0.29) is 18.7 Å². The minimum atomic E-state index is -0.0869. The Balaban J connectivity index is 0.00000108. The first-order valence-corrected chi connectivity index (χ1v) is 5.47. The zero-order chi connectivity index (χ0) is 11.0. The Bertz CT molecular complexity index is 480. The molecule has 1 fully saturated rings. The first kappa shape index (κ1) is 12.4. The Hall–Kier alpha value is -1.01. The maximum Gasteiger partial charge on any atom is 0.183 e. The molecule has 90 valence electrons. The first-order chi connectivity index (χ1) is 7.84. The maximum absolute atomic E-state index is 6.11. The number of fused-ring (bicyclic) bond motifs is 1. The SMILES string of the molecule is Cl.Clc1cccc2c1C(=NC1NCCN1)N=N2. The zero-order valence-corrected chi connectivity index (χ0v) is 10.4. The number of hydrogen-bond donors (Lipinski definition) is 2. The van der Waals surface area contributed by atoms with E-state index in [4.69, 9.17) is 11.6 Å². The molecule has 2 aliphatic heterocycles. The summed E-state index contributed by atoms with van der Waals surface area (Å²) in [7, 11) is 0. The van der Waals surface area contributed by atoms with Crippen LogP contribution >= 0.6 is 24.0 Å². The Morgan fingerprint density at radius 1 is 1.24 bits per heavy atom. The molecule has 2 aliphatic rings. The van der Waals surface area contributed by atoms with Crippen LogP contribution in [0.4, 0.5) is 5.69 Å². The molecule has 1 aromatic rings. The summed E-state index contributed by atoms with van der Waals surface area (Å²) in [4.78, 5) is 4.43. The Labute approximate surface area is 110 Å². The fourth-order valence-electron chi connectivity index (χ4n) is 1.76. The van der Waals surface area contributed by atoms with Crippen molar-refractivity contribution in [2.45, 2.75) is 6.29 Å². The van der Waals surface area contributed by atoms with Crippen molar-refractivity contribution in [3.8, 4) is 0 Å². The van der Waals surface area contributed by atoms with Crippen LogP contribution in [0.1, 0.15) is 5.56 Å². The molecule has 0 aromatic heterocycles. The number of halogens is 2. The van der Waals surface area contributed by atoms with Gasteiger partial charge < -0.3 is 0 Å². The van der Waals surface area contributed by atoms with Crippen molar-refractivity contribution in [2.24, 2.45) is 15.2 Å². The summed E-state index contributed by atoms with van der Waals surface area (Å²) < 4.78 is 0. The van der Waals surface area contributed by atoms with Crippen molar-refractivity contribution >= 4 is 35.5 Å². The molecule has 3 rings (SSSR count). The van der Waals surface area contributed by atoms with Gasteiger partial charge in [0.2, 0.25) is 0 Å². The Morgan fingerprint density at radius 3 is 2.76 bits per heavy atom. The number of aliphatic imine (C=N–C) groups is 1. The van der Waals surface area contributed by atoms with E-state index in [1.54, 1.807) is 0 Å². The predicted molar refractivity (Wildman–Crippen MR) is 69.5 cm³/mol. The van der Waals surface area contributed by atoms with E-state index < -0.39 is 0 Å². The first-order valence-electron chi connectivity index (χ1n) is 5.10. The number of rotatable bonds is 1. The van der Waals surface area contributed by atoms with Crippen LogP contribution in [0.15, 0.2) is 33.4 Å². The third-order valence-electron chi connectivity index (χ3n) is 2.52. The average molecular weight is 272 g/mol. The molecule has 0 unspecified atom stereocenters. The second kappa shape index (κ2) is 5.10. The summed E-state index contributed by atoms with van der Waals surface area (Å²) in [6, 6.07) is 5.56. The lowest BCUT2D eigenvalue weighted by molar-refractivity contribution is 0.580. The molecule has 0 bridgehead atoms. The van der Waals surface area contributed by atoms with Gasteiger partial charge in [-0.25, -0.2) is 4.99 Å². The van der Waals surface area contributed by atoms with Crippen molar-refractivity contribution in [3.05, 3.63) is 28.8 Å². The van der Waals surface area contributed by atoms with Gasteiger partial charge in [0.05, 0.1) is 16.3 Å². The Kier molecular flexibility index (Phi) is 3.73. The highest BCUT2D eigenvalue weighted by atomic mass is 35.5. The van der Waals surface area contributed by atoms with Gasteiger partial charge >= 0.3 is 0 Å². The van der Waals surface area contributed by atoms with Crippen LogP contribution < -0.4 is 10.6 Å². The van der Waals surface area contributed by atoms with Crippen molar-refractivity contribution in [2.75, 3.05) is 13.1 Å². The fraction of sp³-hybridized carbons (Fsp3) is 0.300. The zero-order valence-electron chi connectivity index (χ0n) is 8.85. The second-order valence-corrected chi connectivity index (χ2v) is 4.00. The molecule has 1 saturated heterocycles. The number of hydrogen-bond acceptors (Lipinski definition) is 4. The summed E-state index contributed by atoms with van der Waals surface area (Å²) in [5.74, 6) is 0.590. The van der Waals surface area contributed by atoms with Gasteiger partial charge in [0.25, 0.3) is 0 Å². The number of azo groups is 1. The third-order valence-corrected chi connectivity index (χ3v) is 2.83. The van der Waals surface area contributed by atoms with Gasteiger partial charge in [0.1, 0.15) is 0 Å². The highest BCUT2D eigenvalue weighted by Crippen LogP contribution is 2.32. The highest BCUT2D eigenvalue weighted by molar-refractivity contribution is 6.35. The number of benzene rings is 1. The summed E-state index contributed by atoms with van der Waals surface area (Å²) in [6.45, 7) is 1.82. The van der Waals surface area contributed by atoms with E-state index in [2.05, 4.69) is 25.9 Å². The topological polar surface area (TPSA) is 61.1 Å². The van der Waals surface area contributed by atoms with Crippen LogP contribution in [0.2, 0.25) is 5.02 Å². The monoisotopic (exact) mass is 271 g/mol. The van der Waals surface area contributed by atoms with Crippen LogP contribution in [-0.2, 0) is 0 Å². The quantitative estimate of drug-likeness (QED) is 0.822. The van der Waals surface area contributed by atoms with Gasteiger partial charge in [-0.3, -0.25) is 10.6 Å². The van der Waals surface area contributed by atoms with Crippen LogP contribution in [0.25, 0.3) is 0 Å². The van der Waals surface area contributed by atoms with Gasteiger partial charge in [0, 0.05) is 13.1 Å². The summed E-state index contributed by atoms with van der Waals surface area (Å²) in [6.07, 6.45) is -0.0869. The molecule has 0 aliphatic carbocycles. The van der Waals surface area contributed by atoms with Crippen molar-refractivity contribution in [3.63, 3.8) is 0 Å². The molecule has 2 heterocycles. The molecule has 7 heteroatoms. The van der Waals surface area contributed by atoms with E-state index >= 15 is 0 Å². The molecule has 5 nitrogen and oxygen atoms in total. The van der Waals surface area contributed by atoms with E-state index in [1.165, 1.54) is 0 Å². The largest absolute Gasteiger partial charge is 0.282 e. The smallest absolute Gasteiger partial charge is 0.183 e. The molecular weight excluding hydrogens is 261 g/mol. The van der Waals surface area contributed by atoms with Gasteiger partial charge in [-0.2, -0.15) is 0 Å². The molecular formula is C10H11Cl2N5. The minimum absolute atomic E-state index is 0. The van der Waals surface area contributed by atoms with Crippen LogP contribution in [0, 0.1) is 0 Å². The van der Waals surface area contributed by atoms with Crippen LogP contribution in [-0.4, -0.2) is 25.2 Å². The van der Waals surface area contributed by atoms with Crippen LogP contribution in [0.3, 0.4) is 0 Å². The molecule has 0 saturated carbocycles. The lowest BCUT2D eigenvalue weighted by Crippen LogP contribution is -2.29. The molecule has 1 aromatic carbocycles. The van der Waals surface area contributed by atoms with Gasteiger partial charge in [-0.15, -0.1) is 22.6 Å². The van der Waals surface area contributed by atoms with Gasteiger partial charge in [-0.05, 0) is 12.1 Å². The maximum atomic E-state index is 6.11. The number of nitrogens with zero attached hydrogens (tertiary/aromatic N) is 3. The van der Waals surface area contributed by atoms with E-state index in [0.29, 0.717) is 10.9 Å². The van der Waals surface area contributed by atoms with Gasteiger partial charge in [0.15, 0.2) is 12.1 Å². The normalized spacial score (nSPS) is 20.6. The number of nitrogens with one attached hydrogen (secondary N) is 2. The van der Waals surface area contributed by atoms with Gasteiger partial charge in [-0.1, -0.05) is 17.7 Å².